The molecule has 0 aliphatic rings. The molecule has 0 bridgehead atoms. The van der Waals surface area contributed by atoms with Gasteiger partial charge in [0.1, 0.15) is 5.75 Å². The van der Waals surface area contributed by atoms with Crippen molar-refractivity contribution in [2.45, 2.75) is 33.1 Å². The van der Waals surface area contributed by atoms with Crippen LogP contribution in [0, 0.1) is 0 Å². The van der Waals surface area contributed by atoms with E-state index in [0.717, 1.165) is 0 Å². The van der Waals surface area contributed by atoms with Crippen LogP contribution in [0.25, 0.3) is 0 Å². The van der Waals surface area contributed by atoms with Gasteiger partial charge in [0.25, 0.3) is 0 Å². The smallest absolute Gasteiger partial charge is 0.310 e. The summed E-state index contributed by atoms with van der Waals surface area (Å²) >= 11 is 0. The van der Waals surface area contributed by atoms with Gasteiger partial charge in [0.2, 0.25) is 0 Å². The van der Waals surface area contributed by atoms with Crippen molar-refractivity contribution < 1.29 is 9.53 Å². The number of ether oxygens (including phenoxy) is 1. The minimum Gasteiger partial charge on any atom is -0.427 e. The van der Waals surface area contributed by atoms with Crippen molar-refractivity contribution in [2.75, 3.05) is 0 Å². The van der Waals surface area contributed by atoms with Gasteiger partial charge in [-0.15, -0.1) is 0 Å². The molecule has 14 heavy (non-hydrogen) atoms. The third-order valence-corrected chi connectivity index (χ3v) is 2.05. The monoisotopic (exact) mass is 192 g/mol. The average Bonchev–Trinajstić information content (AvgIpc) is 2.18. The second kappa shape index (κ2) is 4.80. The molecule has 0 aliphatic carbocycles. The molecule has 1 aromatic carbocycles. The Kier molecular flexibility index (Phi) is 3.69. The molecule has 0 fully saturated rings. The molecule has 0 aromatic heterocycles. The maximum atomic E-state index is 11.0. The Morgan fingerprint density at radius 1 is 1.43 bits per heavy atom. The number of carbonyl (C=O) groups excluding carboxylic acids is 1. The van der Waals surface area contributed by atoms with Crippen molar-refractivity contribution in [3.63, 3.8) is 0 Å². The minimum atomic E-state index is -0.189. The Morgan fingerprint density at radius 2 is 2.14 bits per heavy atom. The van der Waals surface area contributed by atoms with E-state index < -0.39 is 0 Å². The SMILES string of the molecule is CCC(=O)Oc1cccc(C(C)C)c1. The first-order valence-corrected chi connectivity index (χ1v) is 4.94. The number of benzene rings is 1. The van der Waals surface area contributed by atoms with Crippen LogP contribution >= 0.6 is 0 Å². The molecular formula is C12H16O2. The number of carbonyl (C=O) groups is 1. The molecule has 1 rings (SSSR count). The number of hydrogen-bond acceptors (Lipinski definition) is 2. The van der Waals surface area contributed by atoms with E-state index in [1.807, 2.05) is 18.2 Å². The van der Waals surface area contributed by atoms with Gasteiger partial charge in [-0.25, -0.2) is 0 Å². The van der Waals surface area contributed by atoms with Crippen LogP contribution in [0.1, 0.15) is 38.7 Å². The van der Waals surface area contributed by atoms with Crippen molar-refractivity contribution in [1.29, 1.82) is 0 Å². The van der Waals surface area contributed by atoms with E-state index in [-0.39, 0.29) is 5.97 Å². The lowest BCUT2D eigenvalue weighted by molar-refractivity contribution is -0.134. The Bertz CT molecular complexity index is 316. The summed E-state index contributed by atoms with van der Waals surface area (Å²) in [6, 6.07) is 7.67. The molecule has 0 saturated heterocycles. The predicted molar refractivity (Wildman–Crippen MR) is 56.5 cm³/mol. The first-order chi connectivity index (χ1) is 6.63. The maximum Gasteiger partial charge on any atom is 0.310 e. The molecule has 0 saturated carbocycles. The normalized spacial score (nSPS) is 10.3. The van der Waals surface area contributed by atoms with Gasteiger partial charge < -0.3 is 4.74 Å². The molecule has 76 valence electrons. The van der Waals surface area contributed by atoms with Crippen LogP contribution in [-0.4, -0.2) is 5.97 Å². The molecule has 2 nitrogen and oxygen atoms in total. The fourth-order valence-corrected chi connectivity index (χ4v) is 1.14. The minimum absolute atomic E-state index is 0.189. The van der Waals surface area contributed by atoms with Gasteiger partial charge in [0.05, 0.1) is 0 Å². The Morgan fingerprint density at radius 3 is 2.71 bits per heavy atom. The van der Waals surface area contributed by atoms with E-state index >= 15 is 0 Å². The van der Waals surface area contributed by atoms with Gasteiger partial charge in [-0.1, -0.05) is 32.9 Å². The lowest BCUT2D eigenvalue weighted by Gasteiger charge is -2.07. The highest BCUT2D eigenvalue weighted by Gasteiger charge is 2.04. The predicted octanol–water partition coefficient (Wildman–Crippen LogP) is 3.13. The van der Waals surface area contributed by atoms with E-state index in [0.29, 0.717) is 18.1 Å². The zero-order valence-electron chi connectivity index (χ0n) is 8.91. The average molecular weight is 192 g/mol. The summed E-state index contributed by atoms with van der Waals surface area (Å²) in [4.78, 5) is 11.0. The molecule has 0 unspecified atom stereocenters. The Labute approximate surface area is 84.9 Å². The van der Waals surface area contributed by atoms with Crippen LogP contribution < -0.4 is 4.74 Å². The van der Waals surface area contributed by atoms with Crippen LogP contribution in [0.15, 0.2) is 24.3 Å². The maximum absolute atomic E-state index is 11.0. The van der Waals surface area contributed by atoms with E-state index in [4.69, 9.17) is 4.74 Å². The highest BCUT2D eigenvalue weighted by molar-refractivity contribution is 5.71. The van der Waals surface area contributed by atoms with Crippen LogP contribution in [0.3, 0.4) is 0 Å². The zero-order chi connectivity index (χ0) is 10.6. The molecule has 0 atom stereocenters. The molecule has 0 amide bonds. The third-order valence-electron chi connectivity index (χ3n) is 2.05. The molecule has 1 aromatic rings. The number of esters is 1. The fraction of sp³-hybridized carbons (Fsp3) is 0.417. The Balaban J connectivity index is 2.78. The summed E-state index contributed by atoms with van der Waals surface area (Å²) in [6.07, 6.45) is 0.409. The topological polar surface area (TPSA) is 26.3 Å². The van der Waals surface area contributed by atoms with Crippen LogP contribution in [-0.2, 0) is 4.79 Å². The molecule has 0 spiro atoms. The Hall–Kier alpha value is -1.31. The van der Waals surface area contributed by atoms with E-state index in [9.17, 15) is 4.79 Å². The second-order valence-corrected chi connectivity index (χ2v) is 3.55. The van der Waals surface area contributed by atoms with Crippen molar-refractivity contribution in [3.05, 3.63) is 29.8 Å². The van der Waals surface area contributed by atoms with Gasteiger partial charge in [-0.3, -0.25) is 4.79 Å². The van der Waals surface area contributed by atoms with E-state index in [1.54, 1.807) is 13.0 Å². The zero-order valence-corrected chi connectivity index (χ0v) is 8.91. The number of rotatable bonds is 3. The molecular weight excluding hydrogens is 176 g/mol. The standard InChI is InChI=1S/C12H16O2/c1-4-12(13)14-11-7-5-6-10(8-11)9(2)3/h5-9H,4H2,1-3H3. The van der Waals surface area contributed by atoms with Gasteiger partial charge in [-0.2, -0.15) is 0 Å². The van der Waals surface area contributed by atoms with Gasteiger partial charge in [-0.05, 0) is 23.6 Å². The summed E-state index contributed by atoms with van der Waals surface area (Å²) in [6.45, 7) is 6.01. The van der Waals surface area contributed by atoms with Gasteiger partial charge in [0, 0.05) is 6.42 Å². The highest BCUT2D eigenvalue weighted by atomic mass is 16.5. The first-order valence-electron chi connectivity index (χ1n) is 4.94. The molecule has 0 aliphatic heterocycles. The highest BCUT2D eigenvalue weighted by Crippen LogP contribution is 2.20. The molecule has 2 heteroatoms. The van der Waals surface area contributed by atoms with Crippen molar-refractivity contribution >= 4 is 5.97 Å². The quantitative estimate of drug-likeness (QED) is 0.543. The van der Waals surface area contributed by atoms with Gasteiger partial charge >= 0.3 is 5.97 Å². The summed E-state index contributed by atoms with van der Waals surface area (Å²) in [7, 11) is 0. The summed E-state index contributed by atoms with van der Waals surface area (Å²) in [5.74, 6) is 0.907. The lowest BCUT2D eigenvalue weighted by Crippen LogP contribution is -2.05. The van der Waals surface area contributed by atoms with Crippen molar-refractivity contribution in [2.24, 2.45) is 0 Å². The summed E-state index contributed by atoms with van der Waals surface area (Å²) < 4.78 is 5.12. The van der Waals surface area contributed by atoms with E-state index in [1.165, 1.54) is 5.56 Å². The number of hydrogen-bond donors (Lipinski definition) is 0. The fourth-order valence-electron chi connectivity index (χ4n) is 1.14. The molecule has 0 heterocycles. The van der Waals surface area contributed by atoms with Crippen LogP contribution in [0.5, 0.6) is 5.75 Å². The van der Waals surface area contributed by atoms with Crippen LogP contribution in [0.2, 0.25) is 0 Å². The van der Waals surface area contributed by atoms with Gasteiger partial charge in [0.15, 0.2) is 0 Å². The lowest BCUT2D eigenvalue weighted by atomic mass is 10.0. The van der Waals surface area contributed by atoms with E-state index in [2.05, 4.69) is 13.8 Å². The third kappa shape index (κ3) is 2.87. The molecule has 0 radical (unpaired) electrons. The second-order valence-electron chi connectivity index (χ2n) is 3.55. The van der Waals surface area contributed by atoms with Crippen molar-refractivity contribution in [3.8, 4) is 5.75 Å². The summed E-state index contributed by atoms with van der Waals surface area (Å²) in [5.41, 5.74) is 1.19. The first kappa shape index (κ1) is 10.8. The summed E-state index contributed by atoms with van der Waals surface area (Å²) in [5, 5.41) is 0. The largest absolute Gasteiger partial charge is 0.427 e. The van der Waals surface area contributed by atoms with Crippen molar-refractivity contribution in [1.82, 2.24) is 0 Å². The van der Waals surface area contributed by atoms with Crippen LogP contribution in [0.4, 0.5) is 0 Å². The molecule has 0 N–H and O–H groups in total.